The van der Waals surface area contributed by atoms with Crippen LogP contribution in [0.25, 0.3) is 0 Å². The van der Waals surface area contributed by atoms with Gasteiger partial charge in [-0.25, -0.2) is 4.98 Å². The molecule has 1 aromatic carbocycles. The lowest BCUT2D eigenvalue weighted by atomic mass is 10.0. The van der Waals surface area contributed by atoms with Gasteiger partial charge in [0.25, 0.3) is 0 Å². The van der Waals surface area contributed by atoms with E-state index in [-0.39, 0.29) is 11.8 Å². The molecule has 98 valence electrons. The number of nitrogens with one attached hydrogen (secondary N) is 1. The summed E-state index contributed by atoms with van der Waals surface area (Å²) in [7, 11) is 1.60. The van der Waals surface area contributed by atoms with Crippen LogP contribution in [-0.4, -0.2) is 23.0 Å². The van der Waals surface area contributed by atoms with Gasteiger partial charge in [0.05, 0.1) is 19.2 Å². The largest absolute Gasteiger partial charge is 0.497 e. The normalized spacial score (nSPS) is 11.7. The van der Waals surface area contributed by atoms with Gasteiger partial charge in [0, 0.05) is 12.4 Å². The molecule has 2 aromatic rings. The lowest BCUT2D eigenvalue weighted by Gasteiger charge is -2.12. The SMILES string of the molecule is COc1cccc([C@@H](C)C(=O)Nc2cnccn2)c1. The van der Waals surface area contributed by atoms with Gasteiger partial charge in [-0.1, -0.05) is 12.1 Å². The van der Waals surface area contributed by atoms with Gasteiger partial charge in [-0.15, -0.1) is 0 Å². The van der Waals surface area contributed by atoms with Crippen molar-refractivity contribution >= 4 is 11.7 Å². The number of methoxy groups -OCH3 is 1. The number of hydrogen-bond acceptors (Lipinski definition) is 4. The molecule has 1 aromatic heterocycles. The van der Waals surface area contributed by atoms with Crippen molar-refractivity contribution in [2.24, 2.45) is 0 Å². The third-order valence-electron chi connectivity index (χ3n) is 2.80. The molecule has 0 aliphatic heterocycles. The average Bonchev–Trinajstić information content (AvgIpc) is 2.47. The second-order valence-electron chi connectivity index (χ2n) is 4.08. The molecule has 19 heavy (non-hydrogen) atoms. The first-order valence-corrected chi connectivity index (χ1v) is 5.91. The molecular formula is C14H15N3O2. The van der Waals surface area contributed by atoms with Gasteiger partial charge < -0.3 is 10.1 Å². The summed E-state index contributed by atoms with van der Waals surface area (Å²) < 4.78 is 5.15. The number of amides is 1. The van der Waals surface area contributed by atoms with Crippen LogP contribution in [0.15, 0.2) is 42.9 Å². The Kier molecular flexibility index (Phi) is 4.07. The standard InChI is InChI=1S/C14H15N3O2/c1-10(11-4-3-5-12(8-11)19-2)14(18)17-13-9-15-6-7-16-13/h3-10H,1-2H3,(H,16,17,18)/t10-/m1/s1. The van der Waals surface area contributed by atoms with Gasteiger partial charge in [-0.3, -0.25) is 9.78 Å². The topological polar surface area (TPSA) is 64.1 Å². The highest BCUT2D eigenvalue weighted by molar-refractivity contribution is 5.94. The summed E-state index contributed by atoms with van der Waals surface area (Å²) >= 11 is 0. The van der Waals surface area contributed by atoms with Gasteiger partial charge in [-0.05, 0) is 24.6 Å². The highest BCUT2D eigenvalue weighted by Crippen LogP contribution is 2.21. The second-order valence-corrected chi connectivity index (χ2v) is 4.08. The van der Waals surface area contributed by atoms with Crippen LogP contribution in [0.3, 0.4) is 0 Å². The summed E-state index contributed by atoms with van der Waals surface area (Å²) in [5, 5.41) is 2.72. The first-order valence-electron chi connectivity index (χ1n) is 5.91. The molecule has 2 rings (SSSR count). The molecule has 0 unspecified atom stereocenters. The zero-order valence-corrected chi connectivity index (χ0v) is 10.8. The number of aromatic nitrogens is 2. The van der Waals surface area contributed by atoms with Crippen molar-refractivity contribution in [2.45, 2.75) is 12.8 Å². The van der Waals surface area contributed by atoms with E-state index in [4.69, 9.17) is 4.74 Å². The minimum Gasteiger partial charge on any atom is -0.497 e. The van der Waals surface area contributed by atoms with E-state index in [1.165, 1.54) is 12.4 Å². The highest BCUT2D eigenvalue weighted by atomic mass is 16.5. The first kappa shape index (κ1) is 13.0. The molecule has 1 N–H and O–H groups in total. The summed E-state index contributed by atoms with van der Waals surface area (Å²) in [5.41, 5.74) is 0.890. The Balaban J connectivity index is 2.10. The molecule has 0 bridgehead atoms. The maximum Gasteiger partial charge on any atom is 0.232 e. The Morgan fingerprint density at radius 1 is 1.37 bits per heavy atom. The van der Waals surface area contributed by atoms with E-state index >= 15 is 0 Å². The van der Waals surface area contributed by atoms with E-state index < -0.39 is 0 Å². The van der Waals surface area contributed by atoms with Crippen molar-refractivity contribution in [1.82, 2.24) is 9.97 Å². The molecule has 1 heterocycles. The molecular weight excluding hydrogens is 242 g/mol. The van der Waals surface area contributed by atoms with E-state index in [0.29, 0.717) is 5.82 Å². The van der Waals surface area contributed by atoms with Gasteiger partial charge in [0.15, 0.2) is 5.82 Å². The van der Waals surface area contributed by atoms with E-state index in [2.05, 4.69) is 15.3 Å². The fourth-order valence-electron chi connectivity index (χ4n) is 1.66. The molecule has 5 nitrogen and oxygen atoms in total. The predicted molar refractivity (Wildman–Crippen MR) is 72.1 cm³/mol. The van der Waals surface area contributed by atoms with Crippen molar-refractivity contribution in [1.29, 1.82) is 0 Å². The van der Waals surface area contributed by atoms with E-state index in [1.807, 2.05) is 31.2 Å². The Morgan fingerprint density at radius 2 is 2.21 bits per heavy atom. The maximum absolute atomic E-state index is 12.1. The third-order valence-corrected chi connectivity index (χ3v) is 2.80. The average molecular weight is 257 g/mol. The van der Waals surface area contributed by atoms with Crippen LogP contribution in [0.5, 0.6) is 5.75 Å². The molecule has 0 spiro atoms. The quantitative estimate of drug-likeness (QED) is 0.912. The van der Waals surface area contributed by atoms with Crippen LogP contribution >= 0.6 is 0 Å². The molecule has 0 fully saturated rings. The van der Waals surface area contributed by atoms with E-state index in [1.54, 1.807) is 13.3 Å². The van der Waals surface area contributed by atoms with Crippen LogP contribution in [0.2, 0.25) is 0 Å². The zero-order valence-electron chi connectivity index (χ0n) is 10.8. The van der Waals surface area contributed by atoms with Crippen molar-refractivity contribution in [2.75, 3.05) is 12.4 Å². The number of ether oxygens (including phenoxy) is 1. The zero-order chi connectivity index (χ0) is 13.7. The molecule has 5 heteroatoms. The number of rotatable bonds is 4. The number of carbonyl (C=O) groups is 1. The van der Waals surface area contributed by atoms with Crippen LogP contribution in [0, 0.1) is 0 Å². The van der Waals surface area contributed by atoms with Crippen molar-refractivity contribution in [3.8, 4) is 5.75 Å². The van der Waals surface area contributed by atoms with Gasteiger partial charge in [0.2, 0.25) is 5.91 Å². The van der Waals surface area contributed by atoms with Crippen molar-refractivity contribution in [3.63, 3.8) is 0 Å². The van der Waals surface area contributed by atoms with Crippen molar-refractivity contribution < 1.29 is 9.53 Å². The van der Waals surface area contributed by atoms with Crippen LogP contribution < -0.4 is 10.1 Å². The number of anilines is 1. The fraction of sp³-hybridized carbons (Fsp3) is 0.214. The van der Waals surface area contributed by atoms with Gasteiger partial charge in [-0.2, -0.15) is 0 Å². The van der Waals surface area contributed by atoms with Gasteiger partial charge >= 0.3 is 0 Å². The number of benzene rings is 1. The molecule has 1 amide bonds. The summed E-state index contributed by atoms with van der Waals surface area (Å²) in [5.74, 6) is 0.754. The van der Waals surface area contributed by atoms with Crippen molar-refractivity contribution in [3.05, 3.63) is 48.4 Å². The van der Waals surface area contributed by atoms with Crippen LogP contribution in [0.4, 0.5) is 5.82 Å². The first-order chi connectivity index (χ1) is 9.20. The number of hydrogen-bond donors (Lipinski definition) is 1. The molecule has 0 aliphatic rings. The monoisotopic (exact) mass is 257 g/mol. The highest BCUT2D eigenvalue weighted by Gasteiger charge is 2.16. The summed E-state index contributed by atoms with van der Waals surface area (Å²) in [6.07, 6.45) is 4.60. The second kappa shape index (κ2) is 5.95. The Bertz CT molecular complexity index is 558. The van der Waals surface area contributed by atoms with Gasteiger partial charge in [0.1, 0.15) is 5.75 Å². The molecule has 0 aliphatic carbocycles. The van der Waals surface area contributed by atoms with Crippen LogP contribution in [0.1, 0.15) is 18.4 Å². The minimum absolute atomic E-state index is 0.131. The molecule has 0 saturated carbocycles. The predicted octanol–water partition coefficient (Wildman–Crippen LogP) is 2.23. The number of carbonyl (C=O) groups excluding carboxylic acids is 1. The lowest BCUT2D eigenvalue weighted by Crippen LogP contribution is -2.19. The Labute approximate surface area is 111 Å². The van der Waals surface area contributed by atoms with E-state index in [0.717, 1.165) is 11.3 Å². The Hall–Kier alpha value is -2.43. The third kappa shape index (κ3) is 3.28. The van der Waals surface area contributed by atoms with E-state index in [9.17, 15) is 4.79 Å². The smallest absolute Gasteiger partial charge is 0.232 e. The Morgan fingerprint density at radius 3 is 2.89 bits per heavy atom. The summed E-state index contributed by atoms with van der Waals surface area (Å²) in [6.45, 7) is 1.83. The summed E-state index contributed by atoms with van der Waals surface area (Å²) in [4.78, 5) is 20.0. The lowest BCUT2D eigenvalue weighted by molar-refractivity contribution is -0.117. The van der Waals surface area contributed by atoms with Crippen LogP contribution in [-0.2, 0) is 4.79 Å². The molecule has 1 atom stereocenters. The fourth-order valence-corrected chi connectivity index (χ4v) is 1.66. The number of nitrogens with zero attached hydrogens (tertiary/aromatic N) is 2. The minimum atomic E-state index is -0.294. The molecule has 0 radical (unpaired) electrons. The maximum atomic E-state index is 12.1. The summed E-state index contributed by atoms with van der Waals surface area (Å²) in [6, 6.07) is 7.45. The molecule has 0 saturated heterocycles.